The summed E-state index contributed by atoms with van der Waals surface area (Å²) in [6.07, 6.45) is 2.74. The molecule has 1 aromatic carbocycles. The second-order valence-electron chi connectivity index (χ2n) is 3.26. The number of benzene rings is 1. The zero-order valence-corrected chi connectivity index (χ0v) is 7.01. The molecule has 1 aromatic rings. The van der Waals surface area contributed by atoms with Crippen LogP contribution in [-0.4, -0.2) is 11.1 Å². The molecule has 0 bridgehead atoms. The van der Waals surface area contributed by atoms with E-state index in [0.717, 1.165) is 30.4 Å². The Morgan fingerprint density at radius 3 is 2.54 bits per heavy atom. The van der Waals surface area contributed by atoms with Crippen molar-refractivity contribution >= 4 is 5.97 Å². The largest absolute Gasteiger partial charge is 0.478 e. The average molecular weight is 180 g/mol. The van der Waals surface area contributed by atoms with Crippen molar-refractivity contribution in [1.82, 2.24) is 0 Å². The van der Waals surface area contributed by atoms with Crippen LogP contribution in [0.1, 0.15) is 27.9 Å². The van der Waals surface area contributed by atoms with E-state index in [1.54, 1.807) is 0 Å². The highest BCUT2D eigenvalue weighted by molar-refractivity contribution is 5.88. The van der Waals surface area contributed by atoms with Crippen LogP contribution in [0.2, 0.25) is 0 Å². The number of carboxylic acid groups (broad SMARTS) is 1. The first-order valence-corrected chi connectivity index (χ1v) is 4.23. The van der Waals surface area contributed by atoms with Crippen LogP contribution in [0.3, 0.4) is 0 Å². The molecule has 0 amide bonds. The summed E-state index contributed by atoms with van der Waals surface area (Å²) in [7, 11) is 0. The number of carboxylic acids is 1. The highest BCUT2D eigenvalue weighted by Crippen LogP contribution is 2.24. The summed E-state index contributed by atoms with van der Waals surface area (Å²) in [6.45, 7) is 0. The summed E-state index contributed by atoms with van der Waals surface area (Å²) >= 11 is 0. The topological polar surface area (TPSA) is 37.3 Å². The fourth-order valence-corrected chi connectivity index (χ4v) is 1.76. The maximum absolute atomic E-state index is 13.1. The van der Waals surface area contributed by atoms with Crippen molar-refractivity contribution in [3.05, 3.63) is 34.6 Å². The Morgan fingerprint density at radius 2 is 1.92 bits per heavy atom. The lowest BCUT2D eigenvalue weighted by molar-refractivity contribution is 0.0692. The molecule has 0 fully saturated rings. The fraction of sp³-hybridized carbons (Fsp3) is 0.300. The summed E-state index contributed by atoms with van der Waals surface area (Å²) in [6, 6.07) is 2.81. The van der Waals surface area contributed by atoms with E-state index in [1.807, 2.05) is 0 Å². The van der Waals surface area contributed by atoms with Crippen molar-refractivity contribution in [2.24, 2.45) is 0 Å². The van der Waals surface area contributed by atoms with E-state index >= 15 is 0 Å². The van der Waals surface area contributed by atoms with Crippen molar-refractivity contribution in [2.75, 3.05) is 0 Å². The van der Waals surface area contributed by atoms with E-state index in [2.05, 4.69) is 0 Å². The van der Waals surface area contributed by atoms with Gasteiger partial charge in [0.15, 0.2) is 0 Å². The molecule has 0 radical (unpaired) electrons. The number of rotatable bonds is 1. The van der Waals surface area contributed by atoms with E-state index in [4.69, 9.17) is 5.11 Å². The van der Waals surface area contributed by atoms with Gasteiger partial charge < -0.3 is 5.11 Å². The molecule has 0 saturated carbocycles. The molecule has 68 valence electrons. The number of aromatic carboxylic acids is 1. The van der Waals surface area contributed by atoms with Gasteiger partial charge in [0.2, 0.25) is 0 Å². The number of aryl methyl sites for hydroxylation is 2. The van der Waals surface area contributed by atoms with E-state index < -0.39 is 11.8 Å². The van der Waals surface area contributed by atoms with Crippen LogP contribution < -0.4 is 0 Å². The molecule has 1 aliphatic carbocycles. The third-order valence-electron chi connectivity index (χ3n) is 2.41. The van der Waals surface area contributed by atoms with Crippen LogP contribution >= 0.6 is 0 Å². The van der Waals surface area contributed by atoms with Crippen molar-refractivity contribution in [1.29, 1.82) is 0 Å². The van der Waals surface area contributed by atoms with Crippen LogP contribution in [0, 0.1) is 5.82 Å². The molecule has 0 saturated heterocycles. The first kappa shape index (κ1) is 8.23. The zero-order valence-electron chi connectivity index (χ0n) is 7.01. The SMILES string of the molecule is O=C(O)c1cc2c(cc1F)CCC2. The smallest absolute Gasteiger partial charge is 0.338 e. The minimum absolute atomic E-state index is 0.208. The second-order valence-corrected chi connectivity index (χ2v) is 3.26. The van der Waals surface area contributed by atoms with Crippen molar-refractivity contribution in [3.8, 4) is 0 Å². The lowest BCUT2D eigenvalue weighted by atomic mass is 10.1. The van der Waals surface area contributed by atoms with Gasteiger partial charge in [-0.2, -0.15) is 0 Å². The van der Waals surface area contributed by atoms with Crippen LogP contribution in [0.4, 0.5) is 4.39 Å². The van der Waals surface area contributed by atoms with Crippen LogP contribution in [0.25, 0.3) is 0 Å². The molecule has 1 N–H and O–H groups in total. The van der Waals surface area contributed by atoms with E-state index in [0.29, 0.717) is 0 Å². The highest BCUT2D eigenvalue weighted by Gasteiger charge is 2.17. The van der Waals surface area contributed by atoms with E-state index in [1.165, 1.54) is 12.1 Å². The number of carbonyl (C=O) groups is 1. The third-order valence-corrected chi connectivity index (χ3v) is 2.41. The molecule has 0 aliphatic heterocycles. The summed E-state index contributed by atoms with van der Waals surface area (Å²) < 4.78 is 13.1. The molecule has 2 nitrogen and oxygen atoms in total. The number of fused-ring (bicyclic) bond motifs is 1. The Kier molecular flexibility index (Phi) is 1.79. The van der Waals surface area contributed by atoms with Gasteiger partial charge in [-0.3, -0.25) is 0 Å². The molecule has 0 aromatic heterocycles. The quantitative estimate of drug-likeness (QED) is 0.717. The number of halogens is 1. The van der Waals surface area contributed by atoms with Gasteiger partial charge in [0.05, 0.1) is 5.56 Å². The van der Waals surface area contributed by atoms with E-state index in [-0.39, 0.29) is 5.56 Å². The molecule has 13 heavy (non-hydrogen) atoms. The summed E-state index contributed by atoms with van der Waals surface area (Å²) in [4.78, 5) is 10.6. The van der Waals surface area contributed by atoms with Gasteiger partial charge in [0, 0.05) is 0 Å². The Labute approximate surface area is 75.0 Å². The maximum Gasteiger partial charge on any atom is 0.338 e. The van der Waals surface area contributed by atoms with Crippen LogP contribution in [0.15, 0.2) is 12.1 Å². The van der Waals surface area contributed by atoms with Gasteiger partial charge in [0.1, 0.15) is 5.82 Å². The first-order chi connectivity index (χ1) is 6.18. The fourth-order valence-electron chi connectivity index (χ4n) is 1.76. The number of hydrogen-bond acceptors (Lipinski definition) is 1. The lowest BCUT2D eigenvalue weighted by Crippen LogP contribution is -2.02. The Hall–Kier alpha value is -1.38. The molecular weight excluding hydrogens is 171 g/mol. The summed E-state index contributed by atoms with van der Waals surface area (Å²) in [5, 5.41) is 8.66. The minimum atomic E-state index is -1.19. The van der Waals surface area contributed by atoms with Gasteiger partial charge in [-0.1, -0.05) is 0 Å². The molecule has 0 heterocycles. The summed E-state index contributed by atoms with van der Waals surface area (Å²) in [5.74, 6) is -1.81. The number of hydrogen-bond donors (Lipinski definition) is 1. The third kappa shape index (κ3) is 1.30. The second kappa shape index (κ2) is 2.83. The Bertz CT molecular complexity index is 371. The lowest BCUT2D eigenvalue weighted by Gasteiger charge is -2.02. The normalized spacial score (nSPS) is 14.2. The minimum Gasteiger partial charge on any atom is -0.478 e. The van der Waals surface area contributed by atoms with Gasteiger partial charge in [-0.05, 0) is 42.5 Å². The van der Waals surface area contributed by atoms with Gasteiger partial charge >= 0.3 is 5.97 Å². The van der Waals surface area contributed by atoms with Gasteiger partial charge in [-0.15, -0.1) is 0 Å². The van der Waals surface area contributed by atoms with Crippen molar-refractivity contribution in [2.45, 2.75) is 19.3 Å². The van der Waals surface area contributed by atoms with Crippen molar-refractivity contribution < 1.29 is 14.3 Å². The predicted molar refractivity (Wildman–Crippen MR) is 45.4 cm³/mol. The Balaban J connectivity index is 2.55. The average Bonchev–Trinajstić information content (AvgIpc) is 2.48. The molecule has 1 aliphatic rings. The standard InChI is InChI=1S/C10H9FO2/c11-9-5-7-3-1-2-6(7)4-8(9)10(12)13/h4-5H,1-3H2,(H,12,13). The first-order valence-electron chi connectivity index (χ1n) is 4.23. The van der Waals surface area contributed by atoms with E-state index in [9.17, 15) is 9.18 Å². The maximum atomic E-state index is 13.1. The van der Waals surface area contributed by atoms with Crippen LogP contribution in [-0.2, 0) is 12.8 Å². The predicted octanol–water partition coefficient (Wildman–Crippen LogP) is 2.01. The molecule has 3 heteroatoms. The summed E-state index contributed by atoms with van der Waals surface area (Å²) in [5.41, 5.74) is 1.74. The molecule has 0 spiro atoms. The van der Waals surface area contributed by atoms with Gasteiger partial charge in [-0.25, -0.2) is 9.18 Å². The van der Waals surface area contributed by atoms with Crippen LogP contribution in [0.5, 0.6) is 0 Å². The van der Waals surface area contributed by atoms with Gasteiger partial charge in [0.25, 0.3) is 0 Å². The van der Waals surface area contributed by atoms with Crippen molar-refractivity contribution in [3.63, 3.8) is 0 Å². The highest BCUT2D eigenvalue weighted by atomic mass is 19.1. The zero-order chi connectivity index (χ0) is 9.42. The molecular formula is C10H9FO2. The molecule has 0 atom stereocenters. The molecule has 2 rings (SSSR count). The monoisotopic (exact) mass is 180 g/mol. The Morgan fingerprint density at radius 1 is 1.31 bits per heavy atom. The molecule has 0 unspecified atom stereocenters.